The molecule has 0 amide bonds. The summed E-state index contributed by atoms with van der Waals surface area (Å²) >= 11 is 1.23. The zero-order chi connectivity index (χ0) is 26.1. The number of aryl methyl sites for hydroxylation is 1. The fourth-order valence-corrected chi connectivity index (χ4v) is 5.17. The average Bonchev–Trinajstić information content (AvgIpc) is 3.38. The van der Waals surface area contributed by atoms with Gasteiger partial charge in [-0.25, -0.2) is 9.38 Å². The molecule has 0 saturated heterocycles. The largest absolute Gasteiger partial charge is 0.490 e. The van der Waals surface area contributed by atoms with Gasteiger partial charge in [0.05, 0.1) is 20.5 Å². The van der Waals surface area contributed by atoms with Crippen molar-refractivity contribution in [3.05, 3.63) is 102 Å². The zero-order valence-electron chi connectivity index (χ0n) is 20.6. The number of ether oxygens (including phenoxy) is 2. The van der Waals surface area contributed by atoms with Crippen LogP contribution in [0.4, 0.5) is 5.69 Å². The maximum atomic E-state index is 13.2. The summed E-state index contributed by atoms with van der Waals surface area (Å²) in [5.74, 6) is 1.56. The highest BCUT2D eigenvalue weighted by Crippen LogP contribution is 2.28. The summed E-state index contributed by atoms with van der Waals surface area (Å²) in [7, 11) is 0. The summed E-state index contributed by atoms with van der Waals surface area (Å²) in [4.78, 5) is 29.2. The van der Waals surface area contributed by atoms with E-state index in [0.717, 1.165) is 27.9 Å². The molecule has 0 saturated carbocycles. The van der Waals surface area contributed by atoms with E-state index in [-0.39, 0.29) is 17.9 Å². The SMILES string of the molecule is Cc1ccc(C(C)C)c(OCCOc2ccc([N+](=O)[O-])cc2/C=c2\sc3nc4ccccc4n3c2=O)c1. The van der Waals surface area contributed by atoms with Gasteiger partial charge in [0.2, 0.25) is 0 Å². The maximum absolute atomic E-state index is 13.2. The molecule has 2 heterocycles. The lowest BCUT2D eigenvalue weighted by Crippen LogP contribution is -2.22. The van der Waals surface area contributed by atoms with Crippen LogP contribution in [0.25, 0.3) is 22.1 Å². The predicted octanol–water partition coefficient (Wildman–Crippen LogP) is 5.25. The number of benzene rings is 3. The molecule has 0 unspecified atom stereocenters. The lowest BCUT2D eigenvalue weighted by Gasteiger charge is -2.15. The first-order valence-electron chi connectivity index (χ1n) is 11.9. The van der Waals surface area contributed by atoms with Crippen LogP contribution in [0.1, 0.15) is 36.5 Å². The molecule has 2 aromatic heterocycles. The second-order valence-corrected chi connectivity index (χ2v) is 10.0. The number of hydrogen-bond donors (Lipinski definition) is 0. The van der Waals surface area contributed by atoms with Crippen molar-refractivity contribution in [3.8, 4) is 11.5 Å². The Bertz CT molecular complexity index is 1740. The van der Waals surface area contributed by atoms with E-state index in [4.69, 9.17) is 9.47 Å². The molecule has 0 bridgehead atoms. The highest BCUT2D eigenvalue weighted by atomic mass is 32.1. The van der Waals surface area contributed by atoms with Gasteiger partial charge in [-0.3, -0.25) is 14.9 Å². The normalized spacial score (nSPS) is 12.1. The average molecular weight is 516 g/mol. The molecule has 0 spiro atoms. The third kappa shape index (κ3) is 4.90. The second-order valence-electron chi connectivity index (χ2n) is 9.01. The molecular formula is C28H25N3O5S. The van der Waals surface area contributed by atoms with Gasteiger partial charge in [0, 0.05) is 17.7 Å². The van der Waals surface area contributed by atoms with Crippen molar-refractivity contribution in [2.75, 3.05) is 13.2 Å². The monoisotopic (exact) mass is 515 g/mol. The van der Waals surface area contributed by atoms with Crippen molar-refractivity contribution in [2.45, 2.75) is 26.7 Å². The lowest BCUT2D eigenvalue weighted by atomic mass is 10.0. The Morgan fingerprint density at radius 1 is 1.05 bits per heavy atom. The summed E-state index contributed by atoms with van der Waals surface area (Å²) in [6, 6.07) is 17.9. The fourth-order valence-electron chi connectivity index (χ4n) is 4.19. The van der Waals surface area contributed by atoms with Gasteiger partial charge in [-0.2, -0.15) is 0 Å². The van der Waals surface area contributed by atoms with E-state index in [2.05, 4.69) is 31.0 Å². The number of rotatable bonds is 8. The Kier molecular flexibility index (Phi) is 6.62. The van der Waals surface area contributed by atoms with Crippen molar-refractivity contribution in [1.82, 2.24) is 9.38 Å². The Morgan fingerprint density at radius 2 is 1.81 bits per heavy atom. The third-order valence-corrected chi connectivity index (χ3v) is 6.99. The van der Waals surface area contributed by atoms with Crippen LogP contribution in [0.3, 0.4) is 0 Å². The quantitative estimate of drug-likeness (QED) is 0.159. The van der Waals surface area contributed by atoms with Gasteiger partial charge < -0.3 is 9.47 Å². The Balaban J connectivity index is 1.43. The van der Waals surface area contributed by atoms with E-state index in [1.54, 1.807) is 16.5 Å². The van der Waals surface area contributed by atoms with E-state index in [9.17, 15) is 14.9 Å². The fraction of sp³-hybridized carbons (Fsp3) is 0.214. The highest BCUT2D eigenvalue weighted by Gasteiger charge is 2.14. The van der Waals surface area contributed by atoms with Gasteiger partial charge in [0.25, 0.3) is 11.2 Å². The predicted molar refractivity (Wildman–Crippen MR) is 145 cm³/mol. The minimum absolute atomic E-state index is 0.0876. The first kappa shape index (κ1) is 24.5. The molecule has 3 aromatic carbocycles. The van der Waals surface area contributed by atoms with Gasteiger partial charge in [-0.1, -0.05) is 49.4 Å². The number of non-ortho nitro benzene ring substituents is 1. The van der Waals surface area contributed by atoms with Crippen LogP contribution < -0.4 is 19.6 Å². The smallest absolute Gasteiger partial charge is 0.274 e. The van der Waals surface area contributed by atoms with E-state index < -0.39 is 4.92 Å². The molecule has 0 aliphatic heterocycles. The van der Waals surface area contributed by atoms with Crippen LogP contribution in [0.2, 0.25) is 0 Å². The molecule has 0 radical (unpaired) electrons. The molecule has 0 aliphatic rings. The zero-order valence-corrected chi connectivity index (χ0v) is 21.5. The van der Waals surface area contributed by atoms with E-state index >= 15 is 0 Å². The van der Waals surface area contributed by atoms with Crippen LogP contribution >= 0.6 is 11.3 Å². The van der Waals surface area contributed by atoms with Gasteiger partial charge in [0.15, 0.2) is 4.96 Å². The summed E-state index contributed by atoms with van der Waals surface area (Å²) in [5, 5.41) is 11.4. The Hall–Kier alpha value is -4.24. The first-order valence-corrected chi connectivity index (χ1v) is 12.7. The number of para-hydroxylation sites is 2. The van der Waals surface area contributed by atoms with Crippen LogP contribution in [-0.4, -0.2) is 27.5 Å². The second kappa shape index (κ2) is 10.0. The van der Waals surface area contributed by atoms with Gasteiger partial charge in [-0.15, -0.1) is 0 Å². The summed E-state index contributed by atoms with van der Waals surface area (Å²) < 4.78 is 13.9. The molecule has 0 N–H and O–H groups in total. The summed E-state index contributed by atoms with van der Waals surface area (Å²) in [5.41, 5.74) is 3.82. The number of imidazole rings is 1. The number of nitro benzene ring substituents is 1. The molecule has 0 aliphatic carbocycles. The topological polar surface area (TPSA) is 96.0 Å². The molecule has 0 fully saturated rings. The van der Waals surface area contributed by atoms with Gasteiger partial charge >= 0.3 is 0 Å². The molecular weight excluding hydrogens is 490 g/mol. The lowest BCUT2D eigenvalue weighted by molar-refractivity contribution is -0.384. The van der Waals surface area contributed by atoms with E-state index in [0.29, 0.717) is 33.3 Å². The Labute approximate surface area is 216 Å². The minimum Gasteiger partial charge on any atom is -0.490 e. The number of nitrogens with zero attached hydrogens (tertiary/aromatic N) is 3. The minimum atomic E-state index is -0.470. The number of aromatic nitrogens is 2. The molecule has 37 heavy (non-hydrogen) atoms. The van der Waals surface area contributed by atoms with E-state index in [1.165, 1.54) is 23.5 Å². The third-order valence-electron chi connectivity index (χ3n) is 6.03. The van der Waals surface area contributed by atoms with Gasteiger partial charge in [-0.05, 0) is 54.3 Å². The van der Waals surface area contributed by atoms with Crippen LogP contribution in [-0.2, 0) is 0 Å². The standard InChI is InChI=1S/C28H25N3O5S/c1-17(2)21-10-8-18(3)14-25(21)36-13-12-35-24-11-9-20(31(33)34)15-19(24)16-26-27(32)30-23-7-5-4-6-22(23)29-28(30)37-26/h4-11,14-17H,12-13H2,1-3H3/b26-16-. The molecule has 5 aromatic rings. The van der Waals surface area contributed by atoms with Crippen molar-refractivity contribution < 1.29 is 14.4 Å². The molecule has 9 heteroatoms. The van der Waals surface area contributed by atoms with Crippen LogP contribution in [0.5, 0.6) is 11.5 Å². The Morgan fingerprint density at radius 3 is 2.57 bits per heavy atom. The van der Waals surface area contributed by atoms with Crippen molar-refractivity contribution >= 4 is 39.1 Å². The summed E-state index contributed by atoms with van der Waals surface area (Å²) in [6.45, 7) is 6.77. The summed E-state index contributed by atoms with van der Waals surface area (Å²) in [6.07, 6.45) is 1.62. The van der Waals surface area contributed by atoms with Gasteiger partial charge in [0.1, 0.15) is 24.7 Å². The number of thiazole rings is 1. The molecule has 188 valence electrons. The van der Waals surface area contributed by atoms with Crippen molar-refractivity contribution in [1.29, 1.82) is 0 Å². The maximum Gasteiger partial charge on any atom is 0.274 e. The van der Waals surface area contributed by atoms with E-state index in [1.807, 2.05) is 37.3 Å². The molecule has 8 nitrogen and oxygen atoms in total. The van der Waals surface area contributed by atoms with Crippen LogP contribution in [0.15, 0.2) is 65.5 Å². The van der Waals surface area contributed by atoms with Crippen molar-refractivity contribution in [2.24, 2.45) is 0 Å². The highest BCUT2D eigenvalue weighted by molar-refractivity contribution is 7.15. The van der Waals surface area contributed by atoms with Crippen molar-refractivity contribution in [3.63, 3.8) is 0 Å². The molecule has 0 atom stereocenters. The number of fused-ring (bicyclic) bond motifs is 3. The number of nitro groups is 1. The molecule has 5 rings (SSSR count). The first-order chi connectivity index (χ1) is 17.8. The van der Waals surface area contributed by atoms with Crippen LogP contribution in [0, 0.1) is 17.0 Å². The number of hydrogen-bond acceptors (Lipinski definition) is 7.